The molecule has 2 N–H and O–H groups in total. The molecule has 46 heavy (non-hydrogen) atoms. The molecule has 3 unspecified atom stereocenters. The first-order chi connectivity index (χ1) is 22.1. The number of likely N-dealkylation sites (tertiary alicyclic amines) is 2. The summed E-state index contributed by atoms with van der Waals surface area (Å²) in [5.74, 6) is -0.804. The molecule has 3 aliphatic rings. The minimum Gasteiger partial charge on any atom is -0.462 e. The minimum absolute atomic E-state index is 0.0532. The number of fused-ring (bicyclic) bond motifs is 2. The third-order valence-electron chi connectivity index (χ3n) is 10.2. The summed E-state index contributed by atoms with van der Waals surface area (Å²) in [6, 6.07) is 6.13. The molecule has 2 aromatic carbocycles. The summed E-state index contributed by atoms with van der Waals surface area (Å²) >= 11 is 0.974. The van der Waals surface area contributed by atoms with Crippen molar-refractivity contribution in [2.24, 2.45) is 5.41 Å². The van der Waals surface area contributed by atoms with E-state index in [1.165, 1.54) is 31.1 Å². The van der Waals surface area contributed by atoms with E-state index in [0.29, 0.717) is 41.8 Å². The van der Waals surface area contributed by atoms with Crippen LogP contribution in [0.2, 0.25) is 0 Å². The molecular weight excluding hydrogens is 608 g/mol. The Hall–Kier alpha value is -4.34. The van der Waals surface area contributed by atoms with Crippen LogP contribution in [0.5, 0.6) is 6.01 Å². The Morgan fingerprint density at radius 1 is 1.28 bits per heavy atom. The fourth-order valence-corrected chi connectivity index (χ4v) is 8.42. The summed E-state index contributed by atoms with van der Waals surface area (Å²) in [7, 11) is 3.99. The van der Waals surface area contributed by atoms with Crippen molar-refractivity contribution in [1.29, 1.82) is 0 Å². The van der Waals surface area contributed by atoms with Gasteiger partial charge < -0.3 is 20.3 Å². The van der Waals surface area contributed by atoms with Crippen LogP contribution < -0.4 is 15.4 Å². The SMILES string of the molecule is [C-]#[N+]c1c(N)sc2c(F)ccc(-c3ccc4c(N(C)C5CCN(C(=O)C=C)C5C)nc(OCC5CC6(CC6)CN5C)nc4c3F)c12. The van der Waals surface area contributed by atoms with Crippen LogP contribution in [0.15, 0.2) is 36.9 Å². The molecule has 238 valence electrons. The smallest absolute Gasteiger partial charge is 0.319 e. The third-order valence-corrected chi connectivity index (χ3v) is 11.2. The molecule has 7 rings (SSSR count). The number of hydrogen-bond donors (Lipinski definition) is 1. The first-order valence-electron chi connectivity index (χ1n) is 15.4. The van der Waals surface area contributed by atoms with E-state index in [4.69, 9.17) is 22.0 Å². The second-order valence-corrected chi connectivity index (χ2v) is 14.0. The van der Waals surface area contributed by atoms with Gasteiger partial charge in [0, 0.05) is 48.6 Å². The molecule has 4 heterocycles. The van der Waals surface area contributed by atoms with E-state index in [0.717, 1.165) is 24.3 Å². The zero-order valence-electron chi connectivity index (χ0n) is 26.0. The maximum absolute atomic E-state index is 16.8. The number of halogens is 2. The van der Waals surface area contributed by atoms with Crippen LogP contribution in [-0.4, -0.2) is 77.6 Å². The largest absolute Gasteiger partial charge is 0.462 e. The lowest BCUT2D eigenvalue weighted by Gasteiger charge is -2.32. The van der Waals surface area contributed by atoms with Gasteiger partial charge in [-0.25, -0.2) is 13.6 Å². The number of anilines is 2. The third kappa shape index (κ3) is 4.84. The highest BCUT2D eigenvalue weighted by atomic mass is 32.1. The van der Waals surface area contributed by atoms with Crippen LogP contribution in [0.4, 0.5) is 25.3 Å². The van der Waals surface area contributed by atoms with Crippen molar-refractivity contribution < 1.29 is 18.3 Å². The van der Waals surface area contributed by atoms with Crippen molar-refractivity contribution in [2.75, 3.05) is 44.4 Å². The van der Waals surface area contributed by atoms with Crippen molar-refractivity contribution in [3.05, 3.63) is 60.0 Å². The minimum atomic E-state index is -0.633. The Morgan fingerprint density at radius 3 is 2.74 bits per heavy atom. The van der Waals surface area contributed by atoms with E-state index in [1.54, 1.807) is 17.0 Å². The predicted molar refractivity (Wildman–Crippen MR) is 177 cm³/mol. The fourth-order valence-electron chi connectivity index (χ4n) is 7.48. The lowest BCUT2D eigenvalue weighted by atomic mass is 9.98. The number of rotatable bonds is 7. The molecule has 1 aliphatic carbocycles. The van der Waals surface area contributed by atoms with Gasteiger partial charge in [0.25, 0.3) is 0 Å². The van der Waals surface area contributed by atoms with Crippen LogP contribution in [0.25, 0.3) is 37.0 Å². The highest BCUT2D eigenvalue weighted by Crippen LogP contribution is 2.54. The number of amides is 1. The zero-order chi connectivity index (χ0) is 32.5. The highest BCUT2D eigenvalue weighted by molar-refractivity contribution is 7.23. The zero-order valence-corrected chi connectivity index (χ0v) is 26.8. The molecule has 2 saturated heterocycles. The van der Waals surface area contributed by atoms with Crippen molar-refractivity contribution in [2.45, 2.75) is 50.7 Å². The molecule has 0 radical (unpaired) electrons. The normalized spacial score (nSPS) is 22.1. The standard InChI is InChI=1S/C34H35F2N7O2S/c1-6-25(44)43-14-11-24(18(43)2)42(5)32-22-8-7-21(20-9-10-23(35)30-26(20)29(38-3)31(37)46-30)27(36)28(22)39-33(40-32)45-16-19-15-34(12-13-34)17-41(19)4/h6-10,18-19,24H,1,11-17,37H2,2,4-5H3. The average molecular weight is 644 g/mol. The summed E-state index contributed by atoms with van der Waals surface area (Å²) in [4.78, 5) is 31.5. The molecular formula is C34H35F2N7O2S. The number of hydrogen-bond acceptors (Lipinski definition) is 8. The summed E-state index contributed by atoms with van der Waals surface area (Å²) in [5, 5.41) is 0.933. The Kier molecular flexibility index (Phi) is 7.36. The highest BCUT2D eigenvalue weighted by Gasteiger charge is 2.51. The Morgan fingerprint density at radius 2 is 2.04 bits per heavy atom. The predicted octanol–water partition coefficient (Wildman–Crippen LogP) is 6.40. The molecule has 3 atom stereocenters. The number of nitrogens with two attached hydrogens (primary N) is 1. The Labute approximate surface area is 270 Å². The van der Waals surface area contributed by atoms with E-state index >= 15 is 4.39 Å². The molecule has 4 aromatic rings. The molecule has 9 nitrogen and oxygen atoms in total. The van der Waals surface area contributed by atoms with Gasteiger partial charge in [-0.15, -0.1) is 11.3 Å². The molecule has 2 aliphatic heterocycles. The van der Waals surface area contributed by atoms with Crippen LogP contribution in [0.3, 0.4) is 0 Å². The van der Waals surface area contributed by atoms with E-state index in [1.807, 2.05) is 18.9 Å². The summed E-state index contributed by atoms with van der Waals surface area (Å²) in [6.07, 6.45) is 5.52. The summed E-state index contributed by atoms with van der Waals surface area (Å²) in [5.41, 5.74) is 7.14. The molecule has 3 fully saturated rings. The fraction of sp³-hybridized carbons (Fsp3) is 0.412. The van der Waals surface area contributed by atoms with Gasteiger partial charge in [-0.1, -0.05) is 18.7 Å². The first-order valence-corrected chi connectivity index (χ1v) is 16.2. The lowest BCUT2D eigenvalue weighted by Crippen LogP contribution is -2.43. The van der Waals surface area contributed by atoms with Crippen molar-refractivity contribution in [3.63, 3.8) is 0 Å². The number of ether oxygens (including phenoxy) is 1. The molecule has 2 aromatic heterocycles. The van der Waals surface area contributed by atoms with E-state index in [2.05, 4.69) is 28.4 Å². The van der Waals surface area contributed by atoms with Crippen molar-refractivity contribution >= 4 is 54.7 Å². The molecule has 1 amide bonds. The first kappa shape index (κ1) is 30.3. The van der Waals surface area contributed by atoms with E-state index in [9.17, 15) is 9.18 Å². The number of nitrogens with zero attached hydrogens (tertiary/aromatic N) is 6. The van der Waals surface area contributed by atoms with E-state index in [-0.39, 0.29) is 61.9 Å². The van der Waals surface area contributed by atoms with Crippen LogP contribution in [0.1, 0.15) is 32.6 Å². The summed E-state index contributed by atoms with van der Waals surface area (Å²) < 4.78 is 38.0. The van der Waals surface area contributed by atoms with Crippen LogP contribution in [0, 0.1) is 23.6 Å². The maximum Gasteiger partial charge on any atom is 0.319 e. The number of aromatic nitrogens is 2. The average Bonchev–Trinajstić information content (AvgIpc) is 3.37. The number of carbonyl (C=O) groups is 1. The van der Waals surface area contributed by atoms with Crippen molar-refractivity contribution in [1.82, 2.24) is 19.8 Å². The van der Waals surface area contributed by atoms with Gasteiger partial charge in [0.1, 0.15) is 23.8 Å². The number of benzene rings is 2. The second-order valence-electron chi connectivity index (χ2n) is 12.9. The lowest BCUT2D eigenvalue weighted by molar-refractivity contribution is -0.126. The topological polar surface area (TPSA) is 92.2 Å². The number of thiophene rings is 1. The van der Waals surface area contributed by atoms with Crippen LogP contribution in [-0.2, 0) is 4.79 Å². The Bertz CT molecular complexity index is 1950. The quantitative estimate of drug-likeness (QED) is 0.184. The number of likely N-dealkylation sites (N-methyl/N-ethyl adjacent to an activating group) is 2. The van der Waals surface area contributed by atoms with Gasteiger partial charge in [0.05, 0.1) is 22.3 Å². The van der Waals surface area contributed by atoms with Gasteiger partial charge in [-0.2, -0.15) is 9.97 Å². The molecule has 1 spiro atoms. The van der Waals surface area contributed by atoms with E-state index < -0.39 is 11.6 Å². The summed E-state index contributed by atoms with van der Waals surface area (Å²) in [6.45, 7) is 15.3. The molecule has 12 heteroatoms. The van der Waals surface area contributed by atoms with Crippen molar-refractivity contribution in [3.8, 4) is 17.1 Å². The monoisotopic (exact) mass is 643 g/mol. The Balaban J connectivity index is 1.33. The second kappa shape index (κ2) is 11.2. The number of nitrogen functional groups attached to an aromatic ring is 1. The maximum atomic E-state index is 16.8. The van der Waals surface area contributed by atoms with Gasteiger partial charge >= 0.3 is 6.01 Å². The van der Waals surface area contributed by atoms with Crippen LogP contribution >= 0.6 is 11.3 Å². The van der Waals surface area contributed by atoms with Gasteiger partial charge in [-0.05, 0) is 68.8 Å². The van der Waals surface area contributed by atoms with Gasteiger partial charge in [0.2, 0.25) is 11.6 Å². The number of carbonyl (C=O) groups excluding carboxylic acids is 1. The van der Waals surface area contributed by atoms with Gasteiger partial charge in [0.15, 0.2) is 5.82 Å². The molecule has 0 bridgehead atoms. The molecule has 1 saturated carbocycles. The van der Waals surface area contributed by atoms with Gasteiger partial charge in [-0.3, -0.25) is 9.69 Å².